The van der Waals surface area contributed by atoms with Gasteiger partial charge in [-0.15, -0.1) is 0 Å². The zero-order chi connectivity index (χ0) is 21.2. The number of benzene rings is 2. The molecule has 9 heteroatoms. The molecule has 1 aromatic heterocycles. The Morgan fingerprint density at radius 1 is 1.14 bits per heavy atom. The maximum absolute atomic E-state index is 13.2. The molecular weight excluding hydrogens is 403 g/mol. The minimum Gasteiger partial charge on any atom is -0.346 e. The summed E-state index contributed by atoms with van der Waals surface area (Å²) in [6.07, 6.45) is -4.48. The minimum absolute atomic E-state index is 0.240. The van der Waals surface area contributed by atoms with Crippen LogP contribution in [0.15, 0.2) is 52.4 Å². The molecule has 1 amide bonds. The lowest BCUT2D eigenvalue weighted by Crippen LogP contribution is -2.35. The summed E-state index contributed by atoms with van der Waals surface area (Å²) < 4.78 is 38.3. The maximum Gasteiger partial charge on any atom is 0.405 e. The fourth-order valence-electron chi connectivity index (χ4n) is 2.78. The summed E-state index contributed by atoms with van der Waals surface area (Å²) in [5.41, 5.74) is 2.61. The zero-order valence-corrected chi connectivity index (χ0v) is 16.5. The molecule has 0 aliphatic heterocycles. The number of halogens is 3. The number of amides is 1. The minimum atomic E-state index is -4.48. The van der Waals surface area contributed by atoms with Gasteiger partial charge in [0.15, 0.2) is 5.16 Å². The molecule has 0 bridgehead atoms. The van der Waals surface area contributed by atoms with E-state index < -0.39 is 18.6 Å². The van der Waals surface area contributed by atoms with Crippen molar-refractivity contribution in [3.05, 3.63) is 63.9 Å². The molecule has 5 nitrogen and oxygen atoms in total. The van der Waals surface area contributed by atoms with Crippen LogP contribution in [-0.2, 0) is 4.79 Å². The number of rotatable bonds is 5. The third kappa shape index (κ3) is 4.79. The van der Waals surface area contributed by atoms with Gasteiger partial charge in [-0.3, -0.25) is 14.2 Å². The van der Waals surface area contributed by atoms with E-state index in [1.54, 1.807) is 30.3 Å². The summed E-state index contributed by atoms with van der Waals surface area (Å²) in [5.74, 6) is -1.09. The van der Waals surface area contributed by atoms with Gasteiger partial charge in [-0.1, -0.05) is 36.0 Å². The van der Waals surface area contributed by atoms with Crippen LogP contribution >= 0.6 is 11.8 Å². The highest BCUT2D eigenvalue weighted by Gasteiger charge is 2.27. The van der Waals surface area contributed by atoms with Crippen LogP contribution in [0.25, 0.3) is 16.6 Å². The van der Waals surface area contributed by atoms with Crippen molar-refractivity contribution >= 4 is 28.6 Å². The fraction of sp³-hybridized carbons (Fsp3) is 0.250. The molecule has 0 fully saturated rings. The first kappa shape index (κ1) is 20.9. The molecule has 1 N–H and O–H groups in total. The quantitative estimate of drug-likeness (QED) is 0.503. The number of carbonyl (C=O) groups excluding carboxylic acids is 1. The van der Waals surface area contributed by atoms with Crippen molar-refractivity contribution in [3.8, 4) is 5.69 Å². The second-order valence-corrected chi connectivity index (χ2v) is 7.39. The molecule has 0 unspecified atom stereocenters. The van der Waals surface area contributed by atoms with Gasteiger partial charge in [0, 0.05) is 0 Å². The molecule has 0 radical (unpaired) electrons. The number of aryl methyl sites for hydroxylation is 1. The predicted octanol–water partition coefficient (Wildman–Crippen LogP) is 3.77. The van der Waals surface area contributed by atoms with E-state index in [4.69, 9.17) is 0 Å². The highest BCUT2D eigenvalue weighted by atomic mass is 32.2. The molecule has 3 aromatic rings. The van der Waals surface area contributed by atoms with Crippen molar-refractivity contribution < 1.29 is 18.0 Å². The van der Waals surface area contributed by atoms with Crippen molar-refractivity contribution in [2.45, 2.75) is 25.2 Å². The molecule has 0 saturated heterocycles. The Hall–Kier alpha value is -2.81. The first-order valence-corrected chi connectivity index (χ1v) is 9.70. The number of thioether (sulfide) groups is 1. The van der Waals surface area contributed by atoms with Crippen LogP contribution in [0.1, 0.15) is 11.1 Å². The molecule has 0 aliphatic carbocycles. The largest absolute Gasteiger partial charge is 0.405 e. The third-order valence-electron chi connectivity index (χ3n) is 4.38. The molecule has 0 spiro atoms. The maximum atomic E-state index is 13.2. The van der Waals surface area contributed by atoms with Gasteiger partial charge in [-0.25, -0.2) is 4.98 Å². The van der Waals surface area contributed by atoms with Crippen LogP contribution in [0.4, 0.5) is 13.2 Å². The van der Waals surface area contributed by atoms with Crippen molar-refractivity contribution in [3.63, 3.8) is 0 Å². The second-order valence-electron chi connectivity index (χ2n) is 6.45. The average molecular weight is 421 g/mol. The van der Waals surface area contributed by atoms with E-state index in [0.717, 1.165) is 22.9 Å². The van der Waals surface area contributed by atoms with E-state index in [0.29, 0.717) is 16.6 Å². The van der Waals surface area contributed by atoms with Crippen LogP contribution in [0.2, 0.25) is 0 Å². The number of para-hydroxylation sites is 1. The first-order chi connectivity index (χ1) is 13.7. The van der Waals surface area contributed by atoms with Crippen LogP contribution in [0, 0.1) is 13.8 Å². The summed E-state index contributed by atoms with van der Waals surface area (Å²) in [4.78, 5) is 29.5. The highest BCUT2D eigenvalue weighted by Crippen LogP contribution is 2.24. The number of nitrogens with zero attached hydrogens (tertiary/aromatic N) is 2. The Labute approximate surface area is 169 Å². The van der Waals surface area contributed by atoms with E-state index >= 15 is 0 Å². The predicted molar refractivity (Wildman–Crippen MR) is 107 cm³/mol. The number of alkyl halides is 3. The van der Waals surface area contributed by atoms with E-state index in [1.807, 2.05) is 31.3 Å². The van der Waals surface area contributed by atoms with Gasteiger partial charge in [-0.2, -0.15) is 13.2 Å². The van der Waals surface area contributed by atoms with E-state index in [1.165, 1.54) is 4.57 Å². The van der Waals surface area contributed by atoms with Gasteiger partial charge < -0.3 is 5.32 Å². The van der Waals surface area contributed by atoms with Gasteiger partial charge in [-0.05, 0) is 43.2 Å². The van der Waals surface area contributed by atoms with Crippen LogP contribution in [0.3, 0.4) is 0 Å². The Morgan fingerprint density at radius 3 is 2.59 bits per heavy atom. The van der Waals surface area contributed by atoms with Gasteiger partial charge in [0.25, 0.3) is 5.56 Å². The lowest BCUT2D eigenvalue weighted by Gasteiger charge is -2.16. The van der Waals surface area contributed by atoms with Crippen molar-refractivity contribution in [1.82, 2.24) is 14.9 Å². The molecule has 152 valence electrons. The Balaban J connectivity index is 2.03. The smallest absolute Gasteiger partial charge is 0.346 e. The van der Waals surface area contributed by atoms with E-state index in [-0.39, 0.29) is 16.5 Å². The van der Waals surface area contributed by atoms with Gasteiger partial charge in [0.05, 0.1) is 22.3 Å². The van der Waals surface area contributed by atoms with Crippen molar-refractivity contribution in [1.29, 1.82) is 0 Å². The molecule has 0 atom stereocenters. The number of aromatic nitrogens is 2. The Kier molecular flexibility index (Phi) is 5.97. The highest BCUT2D eigenvalue weighted by molar-refractivity contribution is 7.99. The lowest BCUT2D eigenvalue weighted by atomic mass is 10.1. The van der Waals surface area contributed by atoms with Crippen LogP contribution < -0.4 is 10.9 Å². The molecular formula is C20H18F3N3O2S. The van der Waals surface area contributed by atoms with Crippen LogP contribution in [0.5, 0.6) is 0 Å². The number of fused-ring (bicyclic) bond motifs is 1. The lowest BCUT2D eigenvalue weighted by molar-refractivity contribution is -0.136. The number of carbonyl (C=O) groups is 1. The summed E-state index contributed by atoms with van der Waals surface area (Å²) in [5, 5.41) is 2.48. The second kappa shape index (κ2) is 8.28. The van der Waals surface area contributed by atoms with Gasteiger partial charge in [0.2, 0.25) is 5.91 Å². The summed E-state index contributed by atoms with van der Waals surface area (Å²) in [7, 11) is 0. The molecule has 3 rings (SSSR count). The molecule has 0 saturated carbocycles. The number of hydrogen-bond acceptors (Lipinski definition) is 4. The topological polar surface area (TPSA) is 64.0 Å². The summed E-state index contributed by atoms with van der Waals surface area (Å²) in [6, 6.07) is 12.3. The number of nitrogens with one attached hydrogen (secondary N) is 1. The summed E-state index contributed by atoms with van der Waals surface area (Å²) in [6.45, 7) is 2.38. The van der Waals surface area contributed by atoms with Crippen molar-refractivity contribution in [2.75, 3.05) is 12.3 Å². The molecule has 1 heterocycles. The normalized spacial score (nSPS) is 11.6. The van der Waals surface area contributed by atoms with Gasteiger partial charge >= 0.3 is 6.18 Å². The average Bonchev–Trinajstić information content (AvgIpc) is 2.67. The SMILES string of the molecule is Cc1cccc(-n2c(SCC(=O)NCC(F)(F)F)nc3ccccc3c2=O)c1C. The molecule has 29 heavy (non-hydrogen) atoms. The Morgan fingerprint density at radius 2 is 1.86 bits per heavy atom. The van der Waals surface area contributed by atoms with E-state index in [2.05, 4.69) is 4.98 Å². The van der Waals surface area contributed by atoms with Crippen LogP contribution in [-0.4, -0.2) is 33.9 Å². The number of hydrogen-bond donors (Lipinski definition) is 1. The van der Waals surface area contributed by atoms with E-state index in [9.17, 15) is 22.8 Å². The summed E-state index contributed by atoms with van der Waals surface area (Å²) >= 11 is 0.917. The molecule has 2 aromatic carbocycles. The van der Waals surface area contributed by atoms with Gasteiger partial charge in [0.1, 0.15) is 6.54 Å². The fourth-order valence-corrected chi connectivity index (χ4v) is 3.61. The standard InChI is InChI=1S/C20H18F3N3O2S/c1-12-6-5-9-16(13(12)2)26-18(28)14-7-3-4-8-15(14)25-19(26)29-10-17(27)24-11-20(21,22)23/h3-9H,10-11H2,1-2H3,(H,24,27). The molecule has 0 aliphatic rings. The van der Waals surface area contributed by atoms with Crippen molar-refractivity contribution in [2.24, 2.45) is 0 Å². The third-order valence-corrected chi connectivity index (χ3v) is 5.32. The Bertz CT molecular complexity index is 1130. The zero-order valence-electron chi connectivity index (χ0n) is 15.7. The monoisotopic (exact) mass is 421 g/mol. The first-order valence-electron chi connectivity index (χ1n) is 8.72.